The molecule has 2 aliphatic rings. The van der Waals surface area contributed by atoms with Gasteiger partial charge in [-0.1, -0.05) is 11.8 Å². The molecule has 0 amide bonds. The monoisotopic (exact) mass is 305 g/mol. The highest BCUT2D eigenvalue weighted by Crippen LogP contribution is 2.60. The fourth-order valence-corrected chi connectivity index (χ4v) is 3.82. The van der Waals surface area contributed by atoms with Crippen LogP contribution in [0.5, 0.6) is 0 Å². The van der Waals surface area contributed by atoms with E-state index < -0.39 is 10.0 Å². The number of nitrogens with zero attached hydrogens (tertiary/aromatic N) is 1. The van der Waals surface area contributed by atoms with Gasteiger partial charge in [-0.3, -0.25) is 4.98 Å². The van der Waals surface area contributed by atoms with E-state index in [1.54, 1.807) is 0 Å². The summed E-state index contributed by atoms with van der Waals surface area (Å²) in [7, 11) is -3.52. The van der Waals surface area contributed by atoms with Crippen LogP contribution in [0.15, 0.2) is 23.4 Å². The summed E-state index contributed by atoms with van der Waals surface area (Å²) in [4.78, 5) is 4.11. The molecule has 0 unspecified atom stereocenters. The van der Waals surface area contributed by atoms with Gasteiger partial charge in [-0.15, -0.1) is 0 Å². The molecular formula is C15H19N3O2S. The van der Waals surface area contributed by atoms with E-state index >= 15 is 0 Å². The molecule has 1 heterocycles. The van der Waals surface area contributed by atoms with Crippen molar-refractivity contribution in [2.24, 2.45) is 17.1 Å². The minimum Gasteiger partial charge on any atom is -0.320 e. The first-order chi connectivity index (χ1) is 10.1. The van der Waals surface area contributed by atoms with Gasteiger partial charge >= 0.3 is 0 Å². The van der Waals surface area contributed by atoms with Gasteiger partial charge in [0.15, 0.2) is 0 Å². The molecule has 0 aliphatic heterocycles. The second-order valence-corrected chi connectivity index (χ2v) is 7.64. The normalized spacial score (nSPS) is 19.7. The highest BCUT2D eigenvalue weighted by Gasteiger charge is 2.53. The molecule has 5 nitrogen and oxygen atoms in total. The molecule has 2 fully saturated rings. The van der Waals surface area contributed by atoms with E-state index in [4.69, 9.17) is 5.73 Å². The minimum atomic E-state index is -3.52. The Morgan fingerprint density at radius 2 is 2.14 bits per heavy atom. The maximum absolute atomic E-state index is 12.4. The van der Waals surface area contributed by atoms with Crippen LogP contribution in [0.1, 0.15) is 31.2 Å². The third-order valence-electron chi connectivity index (χ3n) is 4.31. The molecule has 2 saturated carbocycles. The minimum absolute atomic E-state index is 0.165. The maximum Gasteiger partial charge on any atom is 0.242 e. The Hall–Kier alpha value is -1.42. The van der Waals surface area contributed by atoms with Crippen molar-refractivity contribution in [3.05, 3.63) is 24.0 Å². The average molecular weight is 305 g/mol. The van der Waals surface area contributed by atoms with Crippen molar-refractivity contribution in [1.82, 2.24) is 9.71 Å². The fraction of sp³-hybridized carbons (Fsp3) is 0.533. The molecule has 2 aliphatic carbocycles. The molecule has 112 valence electrons. The Morgan fingerprint density at radius 3 is 2.76 bits per heavy atom. The second kappa shape index (κ2) is 5.41. The largest absolute Gasteiger partial charge is 0.320 e. The quantitative estimate of drug-likeness (QED) is 0.790. The molecule has 0 radical (unpaired) electrons. The molecule has 0 atom stereocenters. The van der Waals surface area contributed by atoms with Crippen LogP contribution in [0.25, 0.3) is 0 Å². The second-order valence-electron chi connectivity index (χ2n) is 5.88. The van der Waals surface area contributed by atoms with Crippen LogP contribution >= 0.6 is 0 Å². The number of hydrogen-bond acceptors (Lipinski definition) is 4. The number of nitrogens with two attached hydrogens (primary N) is 1. The summed E-state index contributed by atoms with van der Waals surface area (Å²) in [6.07, 6.45) is 7.66. The van der Waals surface area contributed by atoms with Gasteiger partial charge in [-0.2, -0.15) is 0 Å². The summed E-state index contributed by atoms with van der Waals surface area (Å²) in [6, 6.07) is 1.54. The summed E-state index contributed by atoms with van der Waals surface area (Å²) in [6.45, 7) is 0.776. The first-order valence-corrected chi connectivity index (χ1v) is 8.68. The maximum atomic E-state index is 12.4. The molecule has 6 heteroatoms. The van der Waals surface area contributed by atoms with Crippen molar-refractivity contribution < 1.29 is 8.42 Å². The molecule has 21 heavy (non-hydrogen) atoms. The zero-order valence-corrected chi connectivity index (χ0v) is 12.6. The summed E-state index contributed by atoms with van der Waals surface area (Å²) in [5.41, 5.74) is 6.11. The van der Waals surface area contributed by atoms with Gasteiger partial charge in [0.2, 0.25) is 10.0 Å². The van der Waals surface area contributed by atoms with Crippen molar-refractivity contribution in [2.75, 3.05) is 13.1 Å². The Bertz CT molecular complexity index is 695. The van der Waals surface area contributed by atoms with Gasteiger partial charge in [0, 0.05) is 24.5 Å². The molecule has 1 aromatic heterocycles. The molecule has 3 N–H and O–H groups in total. The molecule has 0 bridgehead atoms. The Labute approximate surface area is 125 Å². The van der Waals surface area contributed by atoms with Gasteiger partial charge in [-0.25, -0.2) is 13.1 Å². The third kappa shape index (κ3) is 3.26. The lowest BCUT2D eigenvalue weighted by Gasteiger charge is -2.15. The standard InChI is InChI=1S/C15H19N3O2S/c16-7-1-2-12-8-14(10-17-9-12)21(19,20)18-11-15(5-6-15)13-3-4-13/h8-10,13,18H,3-7,11,16H2. The molecule has 0 saturated heterocycles. The Morgan fingerprint density at radius 1 is 1.38 bits per heavy atom. The van der Waals surface area contributed by atoms with E-state index in [1.807, 2.05) is 0 Å². The molecule has 0 aromatic carbocycles. The smallest absolute Gasteiger partial charge is 0.242 e. The zero-order chi connectivity index (χ0) is 14.9. The molecule has 0 spiro atoms. The SMILES string of the molecule is NCC#Cc1cncc(S(=O)(=O)NCC2(C3CC3)CC2)c1. The summed E-state index contributed by atoms with van der Waals surface area (Å²) >= 11 is 0. The van der Waals surface area contributed by atoms with Crippen molar-refractivity contribution >= 4 is 10.0 Å². The van der Waals surface area contributed by atoms with Crippen molar-refractivity contribution in [3.8, 4) is 11.8 Å². The van der Waals surface area contributed by atoms with Crippen LogP contribution in [0, 0.1) is 23.2 Å². The van der Waals surface area contributed by atoms with Crippen LogP contribution in [0.3, 0.4) is 0 Å². The number of aromatic nitrogens is 1. The average Bonchev–Trinajstić information content (AvgIpc) is 3.36. The Kier molecular flexibility index (Phi) is 3.74. The lowest BCUT2D eigenvalue weighted by molar-refractivity contribution is 0.432. The van der Waals surface area contributed by atoms with Crippen LogP contribution in [0.4, 0.5) is 0 Å². The predicted octanol–water partition coefficient (Wildman–Crippen LogP) is 0.860. The topological polar surface area (TPSA) is 85.1 Å². The highest BCUT2D eigenvalue weighted by molar-refractivity contribution is 7.89. The van der Waals surface area contributed by atoms with E-state index in [0.29, 0.717) is 12.1 Å². The fourth-order valence-electron chi connectivity index (χ4n) is 2.69. The van der Waals surface area contributed by atoms with E-state index in [-0.39, 0.29) is 16.9 Å². The molecule has 3 rings (SSSR count). The van der Waals surface area contributed by atoms with E-state index in [0.717, 1.165) is 18.8 Å². The summed E-state index contributed by atoms with van der Waals surface area (Å²) in [5.74, 6) is 6.22. The van der Waals surface area contributed by atoms with Crippen LogP contribution in [-0.4, -0.2) is 26.5 Å². The van der Waals surface area contributed by atoms with Crippen LogP contribution < -0.4 is 10.5 Å². The van der Waals surface area contributed by atoms with Gasteiger partial charge in [0.1, 0.15) is 4.90 Å². The number of nitrogens with one attached hydrogen (secondary N) is 1. The first-order valence-electron chi connectivity index (χ1n) is 7.19. The van der Waals surface area contributed by atoms with Gasteiger partial charge in [0.25, 0.3) is 0 Å². The van der Waals surface area contributed by atoms with Crippen LogP contribution in [-0.2, 0) is 10.0 Å². The van der Waals surface area contributed by atoms with Crippen molar-refractivity contribution in [3.63, 3.8) is 0 Å². The molecular weight excluding hydrogens is 286 g/mol. The molecule has 1 aromatic rings. The number of pyridine rings is 1. The summed E-state index contributed by atoms with van der Waals surface area (Å²) in [5, 5.41) is 0. The predicted molar refractivity (Wildman–Crippen MR) is 79.7 cm³/mol. The van der Waals surface area contributed by atoms with Gasteiger partial charge in [0.05, 0.1) is 6.54 Å². The van der Waals surface area contributed by atoms with Gasteiger partial charge in [-0.05, 0) is 43.1 Å². The lowest BCUT2D eigenvalue weighted by atomic mass is 10.0. The van der Waals surface area contributed by atoms with Crippen molar-refractivity contribution in [1.29, 1.82) is 0 Å². The van der Waals surface area contributed by atoms with E-state index in [1.165, 1.54) is 31.3 Å². The van der Waals surface area contributed by atoms with Crippen molar-refractivity contribution in [2.45, 2.75) is 30.6 Å². The Balaban J connectivity index is 1.72. The highest BCUT2D eigenvalue weighted by atomic mass is 32.2. The zero-order valence-electron chi connectivity index (χ0n) is 11.8. The number of rotatable bonds is 5. The third-order valence-corrected chi connectivity index (χ3v) is 5.68. The van der Waals surface area contributed by atoms with E-state index in [9.17, 15) is 8.42 Å². The first kappa shape index (κ1) is 14.5. The van der Waals surface area contributed by atoms with Crippen LogP contribution in [0.2, 0.25) is 0 Å². The van der Waals surface area contributed by atoms with E-state index in [2.05, 4.69) is 21.5 Å². The van der Waals surface area contributed by atoms with Gasteiger partial charge < -0.3 is 5.73 Å². The lowest BCUT2D eigenvalue weighted by Crippen LogP contribution is -2.31. The number of hydrogen-bond donors (Lipinski definition) is 2. The number of sulfonamides is 1. The summed E-state index contributed by atoms with van der Waals surface area (Å²) < 4.78 is 27.4.